The summed E-state index contributed by atoms with van der Waals surface area (Å²) in [4.78, 5) is 16.3. The zero-order chi connectivity index (χ0) is 21.5. The number of allylic oxidation sites excluding steroid dienone is 1. The molecule has 9 heteroatoms. The highest BCUT2D eigenvalue weighted by molar-refractivity contribution is 7.99. The third-order valence-corrected chi connectivity index (χ3v) is 5.32. The fraction of sp³-hybridized carbons (Fsp3) is 0.238. The van der Waals surface area contributed by atoms with E-state index in [-0.39, 0.29) is 18.3 Å². The van der Waals surface area contributed by atoms with Crippen molar-refractivity contribution in [1.82, 2.24) is 19.7 Å². The van der Waals surface area contributed by atoms with E-state index in [0.29, 0.717) is 28.4 Å². The molecule has 0 spiro atoms. The van der Waals surface area contributed by atoms with Crippen molar-refractivity contribution in [1.29, 1.82) is 0 Å². The molecule has 0 unspecified atom stereocenters. The Labute approximate surface area is 184 Å². The summed E-state index contributed by atoms with van der Waals surface area (Å²) >= 11 is 7.09. The third-order valence-electron chi connectivity index (χ3n) is 4.13. The minimum Gasteiger partial charge on any atom is -0.485 e. The first kappa shape index (κ1) is 21.9. The maximum atomic E-state index is 12.2. The number of hydrogen-bond donors (Lipinski definition) is 1. The number of pyridine rings is 1. The molecule has 0 saturated heterocycles. The molecule has 0 atom stereocenters. The van der Waals surface area contributed by atoms with Gasteiger partial charge in [-0.3, -0.25) is 9.36 Å². The summed E-state index contributed by atoms with van der Waals surface area (Å²) in [5.74, 6) is 1.89. The first-order valence-corrected chi connectivity index (χ1v) is 10.6. The monoisotopic (exact) mass is 443 g/mol. The van der Waals surface area contributed by atoms with E-state index in [0.717, 1.165) is 16.9 Å². The predicted octanol–water partition coefficient (Wildman–Crippen LogP) is 4.44. The number of carbonyl (C=O) groups is 1. The van der Waals surface area contributed by atoms with Gasteiger partial charge >= 0.3 is 0 Å². The Morgan fingerprint density at radius 1 is 1.30 bits per heavy atom. The molecule has 0 aliphatic rings. The van der Waals surface area contributed by atoms with Gasteiger partial charge in [0, 0.05) is 12.7 Å². The Hall–Kier alpha value is -2.84. The quantitative estimate of drug-likeness (QED) is 0.389. The number of thioether (sulfide) groups is 1. The van der Waals surface area contributed by atoms with Crippen molar-refractivity contribution >= 4 is 35.1 Å². The second kappa shape index (κ2) is 10.3. The van der Waals surface area contributed by atoms with E-state index in [1.165, 1.54) is 18.0 Å². The van der Waals surface area contributed by atoms with Crippen LogP contribution in [0.2, 0.25) is 5.02 Å². The molecule has 0 radical (unpaired) electrons. The SMILES string of the molecule is C=CCn1c(COc2cc(C)ccc2C)nnc1SCC(=O)Nc1ccc(Cl)cn1. The zero-order valence-corrected chi connectivity index (χ0v) is 18.3. The van der Waals surface area contributed by atoms with Crippen molar-refractivity contribution in [3.63, 3.8) is 0 Å². The van der Waals surface area contributed by atoms with Crippen LogP contribution in [0.25, 0.3) is 0 Å². The lowest BCUT2D eigenvalue weighted by Gasteiger charge is -2.11. The van der Waals surface area contributed by atoms with Gasteiger partial charge in [0.15, 0.2) is 11.0 Å². The van der Waals surface area contributed by atoms with Crippen molar-refractivity contribution in [3.8, 4) is 5.75 Å². The number of hydrogen-bond acceptors (Lipinski definition) is 6. The molecule has 0 saturated carbocycles. The fourth-order valence-electron chi connectivity index (χ4n) is 2.61. The van der Waals surface area contributed by atoms with Gasteiger partial charge in [0.25, 0.3) is 0 Å². The molecule has 0 fully saturated rings. The number of benzene rings is 1. The first-order chi connectivity index (χ1) is 14.5. The van der Waals surface area contributed by atoms with E-state index in [4.69, 9.17) is 16.3 Å². The number of ether oxygens (including phenoxy) is 1. The highest BCUT2D eigenvalue weighted by atomic mass is 35.5. The van der Waals surface area contributed by atoms with Crippen molar-refractivity contribution in [2.75, 3.05) is 11.1 Å². The van der Waals surface area contributed by atoms with Crippen LogP contribution < -0.4 is 10.1 Å². The van der Waals surface area contributed by atoms with Gasteiger partial charge in [0.1, 0.15) is 18.2 Å². The number of nitrogens with one attached hydrogen (secondary N) is 1. The average molecular weight is 444 g/mol. The lowest BCUT2D eigenvalue weighted by atomic mass is 10.1. The van der Waals surface area contributed by atoms with E-state index in [9.17, 15) is 4.79 Å². The van der Waals surface area contributed by atoms with Gasteiger partial charge in [0.2, 0.25) is 5.91 Å². The smallest absolute Gasteiger partial charge is 0.236 e. The van der Waals surface area contributed by atoms with Crippen LogP contribution in [0, 0.1) is 13.8 Å². The van der Waals surface area contributed by atoms with E-state index in [2.05, 4.69) is 27.1 Å². The Kier molecular flexibility index (Phi) is 7.48. The third kappa shape index (κ3) is 5.84. The highest BCUT2D eigenvalue weighted by Gasteiger charge is 2.15. The molecule has 1 N–H and O–H groups in total. The lowest BCUT2D eigenvalue weighted by molar-refractivity contribution is -0.113. The topological polar surface area (TPSA) is 81.9 Å². The average Bonchev–Trinajstić information content (AvgIpc) is 3.11. The Morgan fingerprint density at radius 2 is 2.13 bits per heavy atom. The van der Waals surface area contributed by atoms with E-state index in [1.54, 1.807) is 18.2 Å². The minimum absolute atomic E-state index is 0.164. The number of aromatic nitrogens is 4. The largest absolute Gasteiger partial charge is 0.485 e. The molecule has 0 bridgehead atoms. The second-order valence-corrected chi connectivity index (χ2v) is 7.93. The summed E-state index contributed by atoms with van der Waals surface area (Å²) in [6.45, 7) is 8.60. The fourth-order valence-corrected chi connectivity index (χ4v) is 3.49. The molecule has 1 amide bonds. The van der Waals surface area contributed by atoms with Gasteiger partial charge in [-0.25, -0.2) is 4.98 Å². The molecule has 0 aliphatic carbocycles. The van der Waals surface area contributed by atoms with Crippen LogP contribution in [-0.4, -0.2) is 31.4 Å². The van der Waals surface area contributed by atoms with E-state index < -0.39 is 0 Å². The number of anilines is 1. The summed E-state index contributed by atoms with van der Waals surface area (Å²) in [5, 5.41) is 12.3. The highest BCUT2D eigenvalue weighted by Crippen LogP contribution is 2.22. The van der Waals surface area contributed by atoms with Crippen molar-refractivity contribution in [2.45, 2.75) is 32.2 Å². The van der Waals surface area contributed by atoms with Gasteiger partial charge in [-0.05, 0) is 43.2 Å². The van der Waals surface area contributed by atoms with Crippen molar-refractivity contribution in [2.24, 2.45) is 0 Å². The Bertz CT molecular complexity index is 1040. The Balaban J connectivity index is 1.63. The van der Waals surface area contributed by atoms with Gasteiger partial charge < -0.3 is 10.1 Å². The normalized spacial score (nSPS) is 10.6. The predicted molar refractivity (Wildman–Crippen MR) is 119 cm³/mol. The summed E-state index contributed by atoms with van der Waals surface area (Å²) in [6.07, 6.45) is 3.24. The molecule has 7 nitrogen and oxygen atoms in total. The molecular weight excluding hydrogens is 422 g/mol. The molecule has 3 rings (SSSR count). The molecule has 156 valence electrons. The molecular formula is C21H22ClN5O2S. The maximum Gasteiger partial charge on any atom is 0.236 e. The standard InChI is InChI=1S/C21H22ClN5O2S/c1-4-9-27-19(12-29-17-10-14(2)5-6-15(17)3)25-26-21(27)30-13-20(28)24-18-8-7-16(22)11-23-18/h4-8,10-11H,1,9,12-13H2,2-3H3,(H,23,24,28). The number of halogens is 1. The van der Waals surface area contributed by atoms with Crippen molar-refractivity contribution < 1.29 is 9.53 Å². The number of nitrogens with zero attached hydrogens (tertiary/aromatic N) is 4. The van der Waals surface area contributed by atoms with Crippen LogP contribution in [0.5, 0.6) is 5.75 Å². The molecule has 3 aromatic rings. The maximum absolute atomic E-state index is 12.2. The summed E-state index contributed by atoms with van der Waals surface area (Å²) in [6, 6.07) is 9.37. The number of aryl methyl sites for hydroxylation is 2. The van der Waals surface area contributed by atoms with Gasteiger partial charge in [-0.15, -0.1) is 16.8 Å². The van der Waals surface area contributed by atoms with Gasteiger partial charge in [-0.1, -0.05) is 41.6 Å². The van der Waals surface area contributed by atoms with E-state index in [1.807, 2.05) is 36.6 Å². The molecule has 1 aromatic carbocycles. The van der Waals surface area contributed by atoms with Gasteiger partial charge in [0.05, 0.1) is 10.8 Å². The van der Waals surface area contributed by atoms with Gasteiger partial charge in [-0.2, -0.15) is 0 Å². The second-order valence-electron chi connectivity index (χ2n) is 6.55. The number of rotatable bonds is 9. The van der Waals surface area contributed by atoms with E-state index >= 15 is 0 Å². The van der Waals surface area contributed by atoms with Crippen LogP contribution >= 0.6 is 23.4 Å². The summed E-state index contributed by atoms with van der Waals surface area (Å²) in [7, 11) is 0. The molecule has 2 aromatic heterocycles. The molecule has 30 heavy (non-hydrogen) atoms. The van der Waals surface area contributed by atoms with Crippen LogP contribution in [-0.2, 0) is 17.9 Å². The number of carbonyl (C=O) groups excluding carboxylic acids is 1. The molecule has 2 heterocycles. The number of amides is 1. The van der Waals surface area contributed by atoms with Crippen LogP contribution in [0.4, 0.5) is 5.82 Å². The first-order valence-electron chi connectivity index (χ1n) is 9.23. The zero-order valence-electron chi connectivity index (χ0n) is 16.8. The van der Waals surface area contributed by atoms with Crippen LogP contribution in [0.1, 0.15) is 17.0 Å². The van der Waals surface area contributed by atoms with Crippen LogP contribution in [0.15, 0.2) is 54.3 Å². The summed E-state index contributed by atoms with van der Waals surface area (Å²) in [5.41, 5.74) is 2.18. The minimum atomic E-state index is -0.198. The molecule has 0 aliphatic heterocycles. The Morgan fingerprint density at radius 3 is 2.87 bits per heavy atom. The lowest BCUT2D eigenvalue weighted by Crippen LogP contribution is -2.15. The van der Waals surface area contributed by atoms with Crippen LogP contribution in [0.3, 0.4) is 0 Å². The summed E-state index contributed by atoms with van der Waals surface area (Å²) < 4.78 is 7.84. The van der Waals surface area contributed by atoms with Crippen molar-refractivity contribution in [3.05, 3.63) is 71.2 Å².